The quantitative estimate of drug-likeness (QED) is 0.768. The summed E-state index contributed by atoms with van der Waals surface area (Å²) in [7, 11) is 1.26. The van der Waals surface area contributed by atoms with E-state index in [9.17, 15) is 14.0 Å². The summed E-state index contributed by atoms with van der Waals surface area (Å²) < 4.78 is 17.7. The Morgan fingerprint density at radius 2 is 2.10 bits per heavy atom. The summed E-state index contributed by atoms with van der Waals surface area (Å²) in [5.41, 5.74) is 0.761. The number of carbonyl (C=O) groups is 2. The number of halogens is 1. The van der Waals surface area contributed by atoms with Gasteiger partial charge in [0.2, 0.25) is 5.91 Å². The smallest absolute Gasteiger partial charge is 0.329 e. The van der Waals surface area contributed by atoms with Gasteiger partial charge in [0.1, 0.15) is 11.9 Å². The zero-order valence-electron chi connectivity index (χ0n) is 11.8. The van der Waals surface area contributed by atoms with Crippen LogP contribution in [0.5, 0.6) is 0 Å². The van der Waals surface area contributed by atoms with Crippen molar-refractivity contribution in [3.8, 4) is 0 Å². The molecule has 2 N–H and O–H groups in total. The van der Waals surface area contributed by atoms with Gasteiger partial charge in [-0.1, -0.05) is 12.1 Å². The molecule has 1 aromatic carbocycles. The van der Waals surface area contributed by atoms with Crippen molar-refractivity contribution in [1.82, 2.24) is 10.6 Å². The van der Waals surface area contributed by atoms with E-state index in [0.29, 0.717) is 0 Å². The molecule has 0 radical (unpaired) electrons. The Bertz CT molecular complexity index is 479. The third kappa shape index (κ3) is 4.97. The van der Waals surface area contributed by atoms with Gasteiger partial charge >= 0.3 is 5.97 Å². The van der Waals surface area contributed by atoms with Crippen LogP contribution >= 0.6 is 0 Å². The molecule has 20 heavy (non-hydrogen) atoms. The van der Waals surface area contributed by atoms with Crippen molar-refractivity contribution < 1.29 is 18.7 Å². The van der Waals surface area contributed by atoms with Gasteiger partial charge in [-0.15, -0.1) is 0 Å². The molecule has 0 fully saturated rings. The van der Waals surface area contributed by atoms with Crippen LogP contribution in [0, 0.1) is 5.82 Å². The summed E-state index contributed by atoms with van der Waals surface area (Å²) in [6.07, 6.45) is 0. The van der Waals surface area contributed by atoms with Crippen molar-refractivity contribution in [2.45, 2.75) is 25.9 Å². The maximum atomic E-state index is 13.1. The highest BCUT2D eigenvalue weighted by Crippen LogP contribution is 2.13. The fourth-order valence-electron chi connectivity index (χ4n) is 1.77. The molecule has 2 atom stereocenters. The van der Waals surface area contributed by atoms with Crippen LogP contribution in [-0.4, -0.2) is 31.6 Å². The van der Waals surface area contributed by atoms with Crippen LogP contribution in [0.15, 0.2) is 24.3 Å². The molecule has 1 aromatic rings. The number of amides is 1. The van der Waals surface area contributed by atoms with Crippen LogP contribution in [0.1, 0.15) is 25.5 Å². The molecule has 0 bridgehead atoms. The Morgan fingerprint density at radius 3 is 2.65 bits per heavy atom. The van der Waals surface area contributed by atoms with E-state index in [0.717, 1.165) is 5.56 Å². The largest absolute Gasteiger partial charge is 0.467 e. The van der Waals surface area contributed by atoms with Gasteiger partial charge in [0.05, 0.1) is 7.11 Å². The number of hydrogen-bond acceptors (Lipinski definition) is 4. The van der Waals surface area contributed by atoms with Crippen molar-refractivity contribution in [2.75, 3.05) is 13.7 Å². The molecular weight excluding hydrogens is 263 g/mol. The zero-order valence-corrected chi connectivity index (χ0v) is 11.8. The van der Waals surface area contributed by atoms with Gasteiger partial charge in [0.15, 0.2) is 0 Å². The van der Waals surface area contributed by atoms with Crippen molar-refractivity contribution in [1.29, 1.82) is 0 Å². The molecule has 0 heterocycles. The van der Waals surface area contributed by atoms with Crippen molar-refractivity contribution >= 4 is 11.9 Å². The summed E-state index contributed by atoms with van der Waals surface area (Å²) in [6, 6.07) is 5.26. The number of methoxy groups -OCH3 is 1. The lowest BCUT2D eigenvalue weighted by Crippen LogP contribution is -2.47. The molecule has 0 saturated carbocycles. The standard InChI is InChI=1S/C14H19FN2O3/c1-9(11-5-4-6-12(15)7-11)16-8-13(14(19)20-3)17-10(2)18/h4-7,9,13,16H,8H2,1-3H3,(H,17,18)/t9-,13?/m1/s1. The highest BCUT2D eigenvalue weighted by atomic mass is 19.1. The summed E-state index contributed by atoms with van der Waals surface area (Å²) >= 11 is 0. The number of ether oxygens (including phenoxy) is 1. The first-order valence-corrected chi connectivity index (χ1v) is 6.27. The topological polar surface area (TPSA) is 67.4 Å². The van der Waals surface area contributed by atoms with E-state index in [2.05, 4.69) is 15.4 Å². The van der Waals surface area contributed by atoms with Crippen LogP contribution in [-0.2, 0) is 14.3 Å². The summed E-state index contributed by atoms with van der Waals surface area (Å²) in [4.78, 5) is 22.6. The molecule has 0 saturated heterocycles. The average molecular weight is 282 g/mol. The van der Waals surface area contributed by atoms with E-state index in [4.69, 9.17) is 0 Å². The summed E-state index contributed by atoms with van der Waals surface area (Å²) in [5.74, 6) is -1.16. The maximum Gasteiger partial charge on any atom is 0.329 e. The van der Waals surface area contributed by atoms with E-state index in [1.807, 2.05) is 6.92 Å². The van der Waals surface area contributed by atoms with Crippen LogP contribution in [0.3, 0.4) is 0 Å². The molecule has 5 nitrogen and oxygen atoms in total. The second-order valence-corrected chi connectivity index (χ2v) is 4.46. The molecule has 110 valence electrons. The van der Waals surface area contributed by atoms with Gasteiger partial charge < -0.3 is 15.4 Å². The molecule has 0 spiro atoms. The Labute approximate surface area is 117 Å². The van der Waals surface area contributed by atoms with E-state index in [1.54, 1.807) is 12.1 Å². The Morgan fingerprint density at radius 1 is 1.40 bits per heavy atom. The summed E-state index contributed by atoms with van der Waals surface area (Å²) in [5, 5.41) is 5.56. The Hall–Kier alpha value is -1.95. The van der Waals surface area contributed by atoms with E-state index in [1.165, 1.54) is 26.2 Å². The van der Waals surface area contributed by atoms with E-state index in [-0.39, 0.29) is 24.3 Å². The van der Waals surface area contributed by atoms with Crippen LogP contribution in [0.4, 0.5) is 4.39 Å². The average Bonchev–Trinajstić information content (AvgIpc) is 2.41. The minimum Gasteiger partial charge on any atom is -0.467 e. The first-order valence-electron chi connectivity index (χ1n) is 6.27. The predicted molar refractivity (Wildman–Crippen MR) is 72.4 cm³/mol. The van der Waals surface area contributed by atoms with Crippen LogP contribution in [0.25, 0.3) is 0 Å². The minimum atomic E-state index is -0.770. The second-order valence-electron chi connectivity index (χ2n) is 4.46. The first-order chi connectivity index (χ1) is 9.43. The summed E-state index contributed by atoms with van der Waals surface area (Å²) in [6.45, 7) is 3.37. The lowest BCUT2D eigenvalue weighted by atomic mass is 10.1. The third-order valence-corrected chi connectivity index (χ3v) is 2.84. The number of esters is 1. The molecule has 1 rings (SSSR count). The Kier molecular flexibility index (Phi) is 6.11. The van der Waals surface area contributed by atoms with Gasteiger partial charge in [-0.25, -0.2) is 9.18 Å². The monoisotopic (exact) mass is 282 g/mol. The normalized spacial score (nSPS) is 13.4. The highest BCUT2D eigenvalue weighted by molar-refractivity contribution is 5.83. The number of carbonyl (C=O) groups excluding carboxylic acids is 2. The Balaban J connectivity index is 2.62. The molecular formula is C14H19FN2O3. The number of hydrogen-bond donors (Lipinski definition) is 2. The first kappa shape index (κ1) is 16.1. The van der Waals surface area contributed by atoms with Crippen LogP contribution < -0.4 is 10.6 Å². The van der Waals surface area contributed by atoms with Gasteiger partial charge in [0, 0.05) is 19.5 Å². The highest BCUT2D eigenvalue weighted by Gasteiger charge is 2.20. The molecule has 0 aliphatic heterocycles. The lowest BCUT2D eigenvalue weighted by Gasteiger charge is -2.20. The van der Waals surface area contributed by atoms with Gasteiger partial charge in [0.25, 0.3) is 0 Å². The maximum absolute atomic E-state index is 13.1. The van der Waals surface area contributed by atoms with Crippen molar-refractivity contribution in [2.24, 2.45) is 0 Å². The SMILES string of the molecule is COC(=O)C(CN[C@H](C)c1cccc(F)c1)NC(C)=O. The van der Waals surface area contributed by atoms with Gasteiger partial charge in [-0.3, -0.25) is 4.79 Å². The predicted octanol–water partition coefficient (Wildman–Crippen LogP) is 1.15. The minimum absolute atomic E-state index is 0.161. The lowest BCUT2D eigenvalue weighted by molar-refractivity contribution is -0.144. The van der Waals surface area contributed by atoms with E-state index >= 15 is 0 Å². The molecule has 1 unspecified atom stereocenters. The molecule has 1 amide bonds. The zero-order chi connectivity index (χ0) is 15.1. The fourth-order valence-corrected chi connectivity index (χ4v) is 1.77. The van der Waals surface area contributed by atoms with Gasteiger partial charge in [-0.2, -0.15) is 0 Å². The second kappa shape index (κ2) is 7.59. The van der Waals surface area contributed by atoms with Crippen molar-refractivity contribution in [3.05, 3.63) is 35.6 Å². The molecule has 0 aliphatic carbocycles. The van der Waals surface area contributed by atoms with Crippen LogP contribution in [0.2, 0.25) is 0 Å². The number of benzene rings is 1. The molecule has 0 aliphatic rings. The van der Waals surface area contributed by atoms with Crippen molar-refractivity contribution in [3.63, 3.8) is 0 Å². The third-order valence-electron chi connectivity index (χ3n) is 2.84. The van der Waals surface area contributed by atoms with E-state index < -0.39 is 12.0 Å². The molecule has 0 aromatic heterocycles. The number of nitrogens with one attached hydrogen (secondary N) is 2. The fraction of sp³-hybridized carbons (Fsp3) is 0.429. The molecule has 6 heteroatoms. The van der Waals surface area contributed by atoms with Gasteiger partial charge in [-0.05, 0) is 24.6 Å². The number of rotatable bonds is 6.